The summed E-state index contributed by atoms with van der Waals surface area (Å²) in [5, 5.41) is 7.70. The van der Waals surface area contributed by atoms with E-state index in [0.717, 1.165) is 12.8 Å². The lowest BCUT2D eigenvalue weighted by Crippen LogP contribution is -2.38. The van der Waals surface area contributed by atoms with Crippen LogP contribution in [0.25, 0.3) is 0 Å². The molecular weight excluding hydrogens is 443 g/mol. The van der Waals surface area contributed by atoms with Gasteiger partial charge in [-0.3, -0.25) is 9.79 Å². The number of amides is 1. The van der Waals surface area contributed by atoms with E-state index in [-0.39, 0.29) is 22.7 Å². The number of hydrogen-bond acceptors (Lipinski definition) is 4. The lowest BCUT2D eigenvalue weighted by Gasteiger charge is -2.24. The van der Waals surface area contributed by atoms with Crippen LogP contribution in [0.1, 0.15) is 35.2 Å². The summed E-state index contributed by atoms with van der Waals surface area (Å²) in [7, 11) is 1.59. The van der Waals surface area contributed by atoms with E-state index >= 15 is 0 Å². The number of nitrogens with one attached hydrogen (secondary N) is 1. The second-order valence-electron chi connectivity index (χ2n) is 7.49. The number of likely N-dealkylation sites (tertiary alicyclic amines) is 1. The van der Waals surface area contributed by atoms with E-state index in [0.29, 0.717) is 30.0 Å². The van der Waals surface area contributed by atoms with Gasteiger partial charge in [-0.25, -0.2) is 0 Å². The first-order chi connectivity index (χ1) is 15.2. The Bertz CT molecular complexity index is 1010. The van der Waals surface area contributed by atoms with Gasteiger partial charge < -0.3 is 15.0 Å². The van der Waals surface area contributed by atoms with Gasteiger partial charge in [-0.1, -0.05) is 35.9 Å². The highest BCUT2D eigenvalue weighted by molar-refractivity contribution is 6.33. The molecule has 1 unspecified atom stereocenters. The fraction of sp³-hybridized carbons (Fsp3) is 0.348. The Morgan fingerprint density at radius 1 is 1.19 bits per heavy atom. The van der Waals surface area contributed by atoms with E-state index in [1.54, 1.807) is 60.5 Å². The van der Waals surface area contributed by atoms with E-state index < -0.39 is 18.3 Å². The third-order valence-corrected chi connectivity index (χ3v) is 5.58. The second kappa shape index (κ2) is 10.3. The van der Waals surface area contributed by atoms with E-state index in [1.165, 1.54) is 0 Å². The highest BCUT2D eigenvalue weighted by Gasteiger charge is 2.35. The molecule has 0 aromatic heterocycles. The van der Waals surface area contributed by atoms with Crippen LogP contribution in [0.2, 0.25) is 5.02 Å². The van der Waals surface area contributed by atoms with Crippen LogP contribution >= 0.6 is 11.6 Å². The molecule has 2 aromatic rings. The number of carbonyl (C=O) groups excluding carboxylic acids is 1. The van der Waals surface area contributed by atoms with Crippen molar-refractivity contribution in [2.24, 2.45) is 4.99 Å². The first-order valence-electron chi connectivity index (χ1n) is 10.1. The maximum absolute atomic E-state index is 13.0. The van der Waals surface area contributed by atoms with Crippen molar-refractivity contribution in [2.45, 2.75) is 31.5 Å². The summed E-state index contributed by atoms with van der Waals surface area (Å²) in [4.78, 5) is 19.0. The molecule has 1 aliphatic rings. The largest absolute Gasteiger partial charge is 0.429 e. The van der Waals surface area contributed by atoms with Crippen LogP contribution in [0.4, 0.5) is 18.9 Å². The number of ether oxygens (including phenoxy) is 1. The predicted octanol–water partition coefficient (Wildman–Crippen LogP) is 5.68. The molecule has 1 aliphatic heterocycles. The first kappa shape index (κ1) is 23.9. The van der Waals surface area contributed by atoms with Crippen LogP contribution in [0.15, 0.2) is 53.5 Å². The Hall–Kier alpha value is -2.71. The number of rotatable bonds is 7. The van der Waals surface area contributed by atoms with Crippen LogP contribution in [0.3, 0.4) is 0 Å². The summed E-state index contributed by atoms with van der Waals surface area (Å²) in [5.74, 6) is -0.149. The number of hydrogen-bond donors (Lipinski definition) is 1. The van der Waals surface area contributed by atoms with Crippen molar-refractivity contribution in [1.82, 2.24) is 4.90 Å². The Balaban J connectivity index is 1.89. The fourth-order valence-electron chi connectivity index (χ4n) is 3.60. The summed E-state index contributed by atoms with van der Waals surface area (Å²) in [5.41, 5.74) is -0.260. The lowest BCUT2D eigenvalue weighted by molar-refractivity contribution is -0.0605. The standard InChI is InChI=1S/C23H23ClF3N3O2/c1-32-14-17-5-4-12-30(17)22(31)16-10-8-15(9-11-16)20(13-21(28)23(25,26)27)29-19-7-3-2-6-18(19)24/h2-3,6-11,17,28H,4-5,12-14H2,1H3. The molecule has 1 atom stereocenters. The molecule has 0 saturated carbocycles. The van der Waals surface area contributed by atoms with Gasteiger partial charge >= 0.3 is 6.18 Å². The second-order valence-corrected chi connectivity index (χ2v) is 7.90. The molecule has 0 bridgehead atoms. The third kappa shape index (κ3) is 5.75. The SMILES string of the molecule is COCC1CCCN1C(=O)c1ccc(C(CC(=N)C(F)(F)F)=Nc2ccccc2Cl)cc1. The van der Waals surface area contributed by atoms with E-state index in [4.69, 9.17) is 21.7 Å². The Morgan fingerprint density at radius 3 is 2.47 bits per heavy atom. The first-order valence-corrected chi connectivity index (χ1v) is 10.5. The molecule has 3 rings (SSSR count). The highest BCUT2D eigenvalue weighted by Crippen LogP contribution is 2.27. The quantitative estimate of drug-likeness (QED) is 0.534. The Labute approximate surface area is 189 Å². The molecule has 1 amide bonds. The molecule has 1 heterocycles. The number of nitrogens with zero attached hydrogens (tertiary/aromatic N) is 2. The number of alkyl halides is 3. The van der Waals surface area contributed by atoms with Crippen molar-refractivity contribution >= 4 is 34.6 Å². The van der Waals surface area contributed by atoms with Gasteiger partial charge in [0, 0.05) is 25.6 Å². The molecule has 170 valence electrons. The zero-order chi connectivity index (χ0) is 23.3. The zero-order valence-electron chi connectivity index (χ0n) is 17.5. The normalized spacial score (nSPS) is 17.0. The molecule has 2 aromatic carbocycles. The summed E-state index contributed by atoms with van der Waals surface area (Å²) in [6, 6.07) is 12.8. The van der Waals surface area contributed by atoms with Crippen molar-refractivity contribution < 1.29 is 22.7 Å². The van der Waals surface area contributed by atoms with Gasteiger partial charge in [0.1, 0.15) is 5.71 Å². The summed E-state index contributed by atoms with van der Waals surface area (Å²) < 4.78 is 44.2. The molecule has 1 saturated heterocycles. The lowest BCUT2D eigenvalue weighted by atomic mass is 10.0. The van der Waals surface area contributed by atoms with Crippen molar-refractivity contribution in [1.29, 1.82) is 5.41 Å². The van der Waals surface area contributed by atoms with Crippen LogP contribution in [-0.4, -0.2) is 54.7 Å². The fourth-order valence-corrected chi connectivity index (χ4v) is 3.78. The van der Waals surface area contributed by atoms with Crippen molar-refractivity contribution in [3.05, 3.63) is 64.7 Å². The molecule has 5 nitrogen and oxygen atoms in total. The molecule has 0 radical (unpaired) electrons. The summed E-state index contributed by atoms with van der Waals surface area (Å²) in [6.45, 7) is 1.09. The van der Waals surface area contributed by atoms with Gasteiger partial charge in [-0.2, -0.15) is 13.2 Å². The van der Waals surface area contributed by atoms with E-state index in [1.807, 2.05) is 0 Å². The minimum Gasteiger partial charge on any atom is -0.383 e. The van der Waals surface area contributed by atoms with Gasteiger partial charge in [0.05, 0.1) is 29.1 Å². The minimum atomic E-state index is -4.76. The Kier molecular flexibility index (Phi) is 7.69. The molecule has 1 N–H and O–H groups in total. The molecule has 32 heavy (non-hydrogen) atoms. The topological polar surface area (TPSA) is 65.8 Å². The maximum atomic E-state index is 13.0. The number of carbonyl (C=O) groups is 1. The molecular formula is C23H23ClF3N3O2. The number of aliphatic imine (C=N–C) groups is 1. The molecule has 9 heteroatoms. The van der Waals surface area contributed by atoms with Crippen LogP contribution in [0.5, 0.6) is 0 Å². The van der Waals surface area contributed by atoms with Crippen molar-refractivity contribution in [2.75, 3.05) is 20.3 Å². The molecule has 0 spiro atoms. The highest BCUT2D eigenvalue weighted by atomic mass is 35.5. The molecule has 1 fully saturated rings. The van der Waals surface area contributed by atoms with Gasteiger partial charge in [0.25, 0.3) is 5.91 Å². The number of methoxy groups -OCH3 is 1. The van der Waals surface area contributed by atoms with Gasteiger partial charge in [-0.05, 0) is 42.7 Å². The number of halogens is 4. The van der Waals surface area contributed by atoms with Crippen LogP contribution in [0, 0.1) is 5.41 Å². The van der Waals surface area contributed by atoms with E-state index in [9.17, 15) is 18.0 Å². The number of benzene rings is 2. The monoisotopic (exact) mass is 465 g/mol. The van der Waals surface area contributed by atoms with Crippen LogP contribution < -0.4 is 0 Å². The van der Waals surface area contributed by atoms with Gasteiger partial charge in [0.2, 0.25) is 0 Å². The van der Waals surface area contributed by atoms with E-state index in [2.05, 4.69) is 4.99 Å². The van der Waals surface area contributed by atoms with Gasteiger partial charge in [-0.15, -0.1) is 0 Å². The minimum absolute atomic E-state index is 0.0109. The predicted molar refractivity (Wildman–Crippen MR) is 118 cm³/mol. The Morgan fingerprint density at radius 2 is 1.84 bits per heavy atom. The molecule has 0 aliphatic carbocycles. The number of para-hydroxylation sites is 1. The zero-order valence-corrected chi connectivity index (χ0v) is 18.2. The van der Waals surface area contributed by atoms with Crippen molar-refractivity contribution in [3.8, 4) is 0 Å². The van der Waals surface area contributed by atoms with Crippen molar-refractivity contribution in [3.63, 3.8) is 0 Å². The van der Waals surface area contributed by atoms with Gasteiger partial charge in [0.15, 0.2) is 0 Å². The smallest absolute Gasteiger partial charge is 0.383 e. The summed E-state index contributed by atoms with van der Waals surface area (Å²) in [6.07, 6.45) is -3.72. The average Bonchev–Trinajstić information content (AvgIpc) is 3.22. The average molecular weight is 466 g/mol. The maximum Gasteiger partial charge on any atom is 0.429 e. The third-order valence-electron chi connectivity index (χ3n) is 5.26. The summed E-state index contributed by atoms with van der Waals surface area (Å²) >= 11 is 6.12. The van der Waals surface area contributed by atoms with Crippen LogP contribution in [-0.2, 0) is 4.74 Å².